The third-order valence-corrected chi connectivity index (χ3v) is 5.52. The second-order valence-corrected chi connectivity index (χ2v) is 7.70. The van der Waals surface area contributed by atoms with Crippen molar-refractivity contribution in [3.8, 4) is 0 Å². The quantitative estimate of drug-likeness (QED) is 0.799. The number of amides is 1. The fourth-order valence-electron chi connectivity index (χ4n) is 1.94. The average molecular weight is 277 g/mol. The van der Waals surface area contributed by atoms with Crippen molar-refractivity contribution in [2.24, 2.45) is 0 Å². The van der Waals surface area contributed by atoms with Crippen molar-refractivity contribution in [2.75, 3.05) is 12.8 Å². The molecule has 1 amide bonds. The van der Waals surface area contributed by atoms with Crippen LogP contribution in [0.15, 0.2) is 0 Å². The number of carbonyl (C=O) groups excluding carboxylic acids is 1. The molecule has 1 unspecified atom stereocenters. The molecule has 0 spiro atoms. The largest absolute Gasteiger partial charge is 0.480 e. The fraction of sp³-hybridized carbons (Fsp3) is 0.818. The minimum Gasteiger partial charge on any atom is -0.480 e. The first-order valence-electron chi connectivity index (χ1n) is 5.82. The standard InChI is InChI=1S/C11H19NO5S/c1-11(2,18(3,16)17)10(15)12-7-5-4-6-8(12)9(13)14/h8H,4-7H2,1-3H3,(H,13,14). The molecule has 1 aliphatic rings. The highest BCUT2D eigenvalue weighted by atomic mass is 32.2. The number of hydrogen-bond acceptors (Lipinski definition) is 4. The number of carboxylic acids is 1. The molecule has 1 aliphatic heterocycles. The molecule has 104 valence electrons. The SMILES string of the molecule is CC(C)(C(=O)N1CCCCC1C(=O)O)S(C)(=O)=O. The van der Waals surface area contributed by atoms with Crippen molar-refractivity contribution in [1.82, 2.24) is 4.90 Å². The number of hydrogen-bond donors (Lipinski definition) is 1. The molecular weight excluding hydrogens is 258 g/mol. The van der Waals surface area contributed by atoms with Gasteiger partial charge in [0.05, 0.1) is 0 Å². The van der Waals surface area contributed by atoms with Crippen LogP contribution in [0.5, 0.6) is 0 Å². The van der Waals surface area contributed by atoms with Crippen LogP contribution in [0.2, 0.25) is 0 Å². The van der Waals surface area contributed by atoms with E-state index in [-0.39, 0.29) is 0 Å². The average Bonchev–Trinajstić information content (AvgIpc) is 2.26. The van der Waals surface area contributed by atoms with Crippen molar-refractivity contribution in [2.45, 2.75) is 43.9 Å². The lowest BCUT2D eigenvalue weighted by molar-refractivity contribution is -0.152. The summed E-state index contributed by atoms with van der Waals surface area (Å²) in [4.78, 5) is 24.6. The van der Waals surface area contributed by atoms with Gasteiger partial charge < -0.3 is 10.0 Å². The van der Waals surface area contributed by atoms with Gasteiger partial charge in [0.25, 0.3) is 0 Å². The van der Waals surface area contributed by atoms with E-state index in [0.29, 0.717) is 19.4 Å². The smallest absolute Gasteiger partial charge is 0.326 e. The van der Waals surface area contributed by atoms with Crippen molar-refractivity contribution in [3.05, 3.63) is 0 Å². The van der Waals surface area contributed by atoms with Crippen molar-refractivity contribution >= 4 is 21.7 Å². The monoisotopic (exact) mass is 277 g/mol. The summed E-state index contributed by atoms with van der Waals surface area (Å²) in [5.74, 6) is -1.70. The maximum Gasteiger partial charge on any atom is 0.326 e. The number of carboxylic acid groups (broad SMARTS) is 1. The summed E-state index contributed by atoms with van der Waals surface area (Å²) in [5.41, 5.74) is 0. The maximum absolute atomic E-state index is 12.3. The molecule has 0 radical (unpaired) electrons. The second-order valence-electron chi connectivity index (χ2n) is 5.13. The maximum atomic E-state index is 12.3. The summed E-state index contributed by atoms with van der Waals surface area (Å²) in [6, 6.07) is -0.910. The molecule has 1 rings (SSSR count). The summed E-state index contributed by atoms with van der Waals surface area (Å²) in [6.45, 7) is 2.94. The minimum atomic E-state index is -3.58. The zero-order valence-electron chi connectivity index (χ0n) is 10.8. The summed E-state index contributed by atoms with van der Waals surface area (Å²) in [6.07, 6.45) is 2.81. The Kier molecular flexibility index (Phi) is 4.05. The topological polar surface area (TPSA) is 91.8 Å². The van der Waals surface area contributed by atoms with Gasteiger partial charge in [0.2, 0.25) is 5.91 Å². The van der Waals surface area contributed by atoms with Crippen LogP contribution in [0.4, 0.5) is 0 Å². The molecule has 0 aromatic carbocycles. The van der Waals surface area contributed by atoms with Crippen LogP contribution >= 0.6 is 0 Å². The van der Waals surface area contributed by atoms with Gasteiger partial charge in [-0.05, 0) is 33.1 Å². The molecule has 1 N–H and O–H groups in total. The Morgan fingerprint density at radius 1 is 1.28 bits per heavy atom. The second kappa shape index (κ2) is 4.87. The summed E-state index contributed by atoms with van der Waals surface area (Å²) < 4.78 is 21.7. The van der Waals surface area contributed by atoms with E-state index in [1.807, 2.05) is 0 Å². The van der Waals surface area contributed by atoms with Gasteiger partial charge in [-0.25, -0.2) is 13.2 Å². The molecule has 1 fully saturated rings. The number of aliphatic carboxylic acids is 1. The van der Waals surface area contributed by atoms with E-state index in [9.17, 15) is 18.0 Å². The molecule has 1 heterocycles. The zero-order chi connectivity index (χ0) is 14.1. The Morgan fingerprint density at radius 2 is 1.83 bits per heavy atom. The van der Waals surface area contributed by atoms with Crippen LogP contribution in [0.25, 0.3) is 0 Å². The summed E-state index contributed by atoms with van der Waals surface area (Å²) >= 11 is 0. The normalized spacial score (nSPS) is 21.7. The third-order valence-electron chi connectivity index (χ3n) is 3.49. The highest BCUT2D eigenvalue weighted by Crippen LogP contribution is 2.25. The number of carbonyl (C=O) groups is 2. The number of piperidine rings is 1. The zero-order valence-corrected chi connectivity index (χ0v) is 11.7. The van der Waals surface area contributed by atoms with E-state index in [2.05, 4.69) is 0 Å². The van der Waals surface area contributed by atoms with Crippen LogP contribution in [-0.4, -0.2) is 53.9 Å². The molecule has 0 bridgehead atoms. The highest BCUT2D eigenvalue weighted by molar-refractivity contribution is 7.92. The van der Waals surface area contributed by atoms with Gasteiger partial charge >= 0.3 is 5.97 Å². The first-order chi connectivity index (χ1) is 8.09. The van der Waals surface area contributed by atoms with Crippen molar-refractivity contribution in [1.29, 1.82) is 0 Å². The number of rotatable bonds is 3. The molecule has 1 saturated heterocycles. The van der Waals surface area contributed by atoms with Crippen molar-refractivity contribution < 1.29 is 23.1 Å². The van der Waals surface area contributed by atoms with Gasteiger partial charge in [0.1, 0.15) is 10.8 Å². The molecular formula is C11H19NO5S. The fourth-order valence-corrected chi connectivity index (χ4v) is 2.37. The van der Waals surface area contributed by atoms with Crippen molar-refractivity contribution in [3.63, 3.8) is 0 Å². The van der Waals surface area contributed by atoms with Gasteiger partial charge in [-0.2, -0.15) is 0 Å². The van der Waals surface area contributed by atoms with E-state index in [1.54, 1.807) is 0 Å². The highest BCUT2D eigenvalue weighted by Gasteiger charge is 2.45. The molecule has 0 aliphatic carbocycles. The Balaban J connectivity index is 3.05. The molecule has 0 saturated carbocycles. The van der Waals surface area contributed by atoms with Gasteiger partial charge in [0, 0.05) is 12.8 Å². The number of sulfone groups is 1. The lowest BCUT2D eigenvalue weighted by atomic mass is 10.00. The van der Waals surface area contributed by atoms with Crippen LogP contribution in [-0.2, 0) is 19.4 Å². The molecule has 0 aromatic heterocycles. The van der Waals surface area contributed by atoms with E-state index in [4.69, 9.17) is 5.11 Å². The Bertz CT molecular complexity index is 454. The Labute approximate surface area is 107 Å². The van der Waals surface area contributed by atoms with Crippen LogP contribution < -0.4 is 0 Å². The minimum absolute atomic E-state index is 0.300. The van der Waals surface area contributed by atoms with E-state index >= 15 is 0 Å². The molecule has 6 nitrogen and oxygen atoms in total. The number of nitrogens with zero attached hydrogens (tertiary/aromatic N) is 1. The van der Waals surface area contributed by atoms with Crippen LogP contribution in [0, 0.1) is 0 Å². The lowest BCUT2D eigenvalue weighted by Crippen LogP contribution is -2.56. The molecule has 18 heavy (non-hydrogen) atoms. The van der Waals surface area contributed by atoms with Gasteiger partial charge in [-0.15, -0.1) is 0 Å². The number of likely N-dealkylation sites (tertiary alicyclic amines) is 1. The summed E-state index contributed by atoms with van der Waals surface area (Å²) in [5, 5.41) is 9.08. The van der Waals surface area contributed by atoms with E-state index in [1.165, 1.54) is 18.7 Å². The van der Waals surface area contributed by atoms with Gasteiger partial charge in [0.15, 0.2) is 9.84 Å². The molecule has 7 heteroatoms. The van der Waals surface area contributed by atoms with Gasteiger partial charge in [-0.3, -0.25) is 4.79 Å². The Hall–Kier alpha value is -1.11. The van der Waals surface area contributed by atoms with Crippen LogP contribution in [0.1, 0.15) is 33.1 Å². The van der Waals surface area contributed by atoms with E-state index in [0.717, 1.165) is 12.7 Å². The summed E-state index contributed by atoms with van der Waals surface area (Å²) in [7, 11) is -3.58. The van der Waals surface area contributed by atoms with Crippen LogP contribution in [0.3, 0.4) is 0 Å². The third kappa shape index (κ3) is 2.66. The molecule has 0 aromatic rings. The van der Waals surface area contributed by atoms with E-state index < -0.39 is 32.5 Å². The first-order valence-corrected chi connectivity index (χ1v) is 7.71. The predicted molar refractivity (Wildman–Crippen MR) is 65.9 cm³/mol. The lowest BCUT2D eigenvalue weighted by Gasteiger charge is -2.37. The first kappa shape index (κ1) is 14.9. The van der Waals surface area contributed by atoms with Gasteiger partial charge in [-0.1, -0.05) is 0 Å². The predicted octanol–water partition coefficient (Wildman–Crippen LogP) is 0.275. The Morgan fingerprint density at radius 3 is 2.28 bits per heavy atom. The molecule has 1 atom stereocenters.